The number of fused-ring (bicyclic) bond motifs is 3. The van der Waals surface area contributed by atoms with Gasteiger partial charge in [-0.05, 0) is 122 Å². The Morgan fingerprint density at radius 1 is 0.444 bits per heavy atom. The van der Waals surface area contributed by atoms with Crippen molar-refractivity contribution in [2.24, 2.45) is 0 Å². The summed E-state index contributed by atoms with van der Waals surface area (Å²) >= 11 is 0. The molecule has 1 aliphatic rings. The third-order valence-electron chi connectivity index (χ3n) is 11.5. The Bertz CT molecular complexity index is 2370. The van der Waals surface area contributed by atoms with Gasteiger partial charge in [0.15, 0.2) is 0 Å². The summed E-state index contributed by atoms with van der Waals surface area (Å²) in [5, 5.41) is 0. The van der Waals surface area contributed by atoms with E-state index in [9.17, 15) is 0 Å². The third-order valence-corrected chi connectivity index (χ3v) is 11.5. The van der Waals surface area contributed by atoms with Crippen molar-refractivity contribution in [3.05, 3.63) is 198 Å². The van der Waals surface area contributed by atoms with Crippen LogP contribution in [-0.2, 0) is 10.8 Å². The van der Waals surface area contributed by atoms with Gasteiger partial charge in [0.25, 0.3) is 0 Å². The molecule has 54 heavy (non-hydrogen) atoms. The normalized spacial score (nSPS) is 13.1. The van der Waals surface area contributed by atoms with Crippen molar-refractivity contribution in [1.29, 1.82) is 0 Å². The molecule has 266 valence electrons. The summed E-state index contributed by atoms with van der Waals surface area (Å²) in [6, 6.07) is 62.3. The fraction of sp³-hybridized carbons (Fsp3) is 0.170. The van der Waals surface area contributed by atoms with Crippen molar-refractivity contribution >= 4 is 29.2 Å². The first kappa shape index (κ1) is 35.1. The summed E-state index contributed by atoms with van der Waals surface area (Å²) in [4.78, 5) is 2.38. The number of hydrogen-bond donors (Lipinski definition) is 0. The van der Waals surface area contributed by atoms with Crippen molar-refractivity contribution in [2.45, 2.75) is 58.3 Å². The molecular weight excluding hydrogens is 651 g/mol. The molecular formula is C53H49N. The average molecular weight is 700 g/mol. The van der Waals surface area contributed by atoms with Crippen LogP contribution in [0.3, 0.4) is 0 Å². The van der Waals surface area contributed by atoms with Crippen LogP contribution in [0.5, 0.6) is 0 Å². The van der Waals surface area contributed by atoms with Gasteiger partial charge in [-0.2, -0.15) is 0 Å². The largest absolute Gasteiger partial charge is 0.310 e. The van der Waals surface area contributed by atoms with E-state index in [0.717, 1.165) is 24.2 Å². The first-order valence-corrected chi connectivity index (χ1v) is 19.5. The molecule has 0 N–H and O–H groups in total. The second-order valence-corrected chi connectivity index (χ2v) is 15.7. The van der Waals surface area contributed by atoms with E-state index in [1.54, 1.807) is 0 Å². The maximum absolute atomic E-state index is 2.46. The molecule has 0 bridgehead atoms. The second kappa shape index (κ2) is 14.5. The van der Waals surface area contributed by atoms with Crippen LogP contribution in [0.4, 0.5) is 17.1 Å². The van der Waals surface area contributed by atoms with Crippen LogP contribution in [-0.4, -0.2) is 0 Å². The van der Waals surface area contributed by atoms with Crippen LogP contribution in [0.1, 0.15) is 75.3 Å². The highest BCUT2D eigenvalue weighted by Crippen LogP contribution is 2.54. The number of anilines is 3. The fourth-order valence-electron chi connectivity index (χ4n) is 8.57. The lowest BCUT2D eigenvalue weighted by molar-refractivity contribution is 0.490. The number of rotatable bonds is 9. The van der Waals surface area contributed by atoms with Gasteiger partial charge in [-0.3, -0.25) is 0 Å². The SMILES string of the molecule is CCC1(CC)c2cc(/C=C/c3ccc(-c4ccc(C(C)(C)C)c(-c5ccccc5)c4)cc3)ccc2-c2ccc(N(c3ccccc3)c3ccccc3)cc21. The molecule has 1 heteroatoms. The Hall–Kier alpha value is -5.92. The van der Waals surface area contributed by atoms with Gasteiger partial charge >= 0.3 is 0 Å². The van der Waals surface area contributed by atoms with Gasteiger partial charge in [0.05, 0.1) is 0 Å². The quantitative estimate of drug-likeness (QED) is 0.136. The molecule has 0 unspecified atom stereocenters. The van der Waals surface area contributed by atoms with E-state index < -0.39 is 0 Å². The van der Waals surface area contributed by atoms with E-state index in [0.29, 0.717) is 0 Å². The van der Waals surface area contributed by atoms with E-state index >= 15 is 0 Å². The Kier molecular flexibility index (Phi) is 9.42. The van der Waals surface area contributed by atoms with Crippen LogP contribution in [0.25, 0.3) is 45.5 Å². The lowest BCUT2D eigenvalue weighted by atomic mass is 9.73. The smallest absolute Gasteiger partial charge is 0.0465 e. The molecule has 1 aliphatic carbocycles. The predicted molar refractivity (Wildman–Crippen MR) is 233 cm³/mol. The lowest BCUT2D eigenvalue weighted by Crippen LogP contribution is -2.23. The minimum absolute atomic E-state index is 0.0492. The standard InChI is InChI=1S/C53H49N/c1-6-53(7-2)50-35-39(24-23-38-25-28-40(29-26-38)42-30-34-49(52(3,4)5)48(36-42)41-17-11-8-12-18-41)27-32-46(50)47-33-31-45(37-51(47)53)54(43-19-13-9-14-20-43)44-21-15-10-16-22-44/h8-37H,6-7H2,1-5H3/b24-23+. The van der Waals surface area contributed by atoms with Gasteiger partial charge in [0.1, 0.15) is 0 Å². The maximum Gasteiger partial charge on any atom is 0.0465 e. The van der Waals surface area contributed by atoms with Gasteiger partial charge in [0, 0.05) is 22.5 Å². The highest BCUT2D eigenvalue weighted by atomic mass is 15.1. The molecule has 7 aromatic rings. The van der Waals surface area contributed by atoms with Gasteiger partial charge in [0.2, 0.25) is 0 Å². The number of benzene rings is 7. The zero-order valence-electron chi connectivity index (χ0n) is 32.2. The molecule has 1 nitrogen and oxygen atoms in total. The van der Waals surface area contributed by atoms with E-state index in [2.05, 4.69) is 222 Å². The molecule has 0 heterocycles. The molecule has 0 aliphatic heterocycles. The van der Waals surface area contributed by atoms with Gasteiger partial charge in [-0.25, -0.2) is 0 Å². The predicted octanol–water partition coefficient (Wildman–Crippen LogP) is 15.0. The zero-order chi connectivity index (χ0) is 37.3. The summed E-state index contributed by atoms with van der Waals surface area (Å²) in [6.45, 7) is 11.6. The number of para-hydroxylation sites is 2. The van der Waals surface area contributed by atoms with Crippen LogP contribution in [0.2, 0.25) is 0 Å². The summed E-state index contributed by atoms with van der Waals surface area (Å²) in [5.74, 6) is 0. The molecule has 0 amide bonds. The highest BCUT2D eigenvalue weighted by molar-refractivity contribution is 5.87. The second-order valence-electron chi connectivity index (χ2n) is 15.7. The Morgan fingerprint density at radius 3 is 1.56 bits per heavy atom. The topological polar surface area (TPSA) is 3.24 Å². The van der Waals surface area contributed by atoms with E-state index in [-0.39, 0.29) is 10.8 Å². The van der Waals surface area contributed by atoms with E-state index in [4.69, 9.17) is 0 Å². The fourth-order valence-corrected chi connectivity index (χ4v) is 8.57. The molecule has 0 atom stereocenters. The number of nitrogens with zero attached hydrogens (tertiary/aromatic N) is 1. The van der Waals surface area contributed by atoms with Crippen molar-refractivity contribution in [2.75, 3.05) is 4.90 Å². The average Bonchev–Trinajstić information content (AvgIpc) is 3.49. The van der Waals surface area contributed by atoms with Crippen LogP contribution < -0.4 is 4.90 Å². The molecule has 0 fully saturated rings. The zero-order valence-corrected chi connectivity index (χ0v) is 32.2. The molecule has 0 spiro atoms. The van der Waals surface area contributed by atoms with Crippen LogP contribution in [0, 0.1) is 0 Å². The molecule has 0 aromatic heterocycles. The van der Waals surface area contributed by atoms with Crippen LogP contribution >= 0.6 is 0 Å². The Morgan fingerprint density at radius 2 is 0.963 bits per heavy atom. The van der Waals surface area contributed by atoms with E-state index in [1.807, 2.05) is 0 Å². The van der Waals surface area contributed by atoms with Gasteiger partial charge in [-0.15, -0.1) is 0 Å². The summed E-state index contributed by atoms with van der Waals surface area (Å²) in [5.41, 5.74) is 17.9. The van der Waals surface area contributed by atoms with Crippen molar-refractivity contribution in [3.8, 4) is 33.4 Å². The molecule has 0 saturated heterocycles. The molecule has 7 aromatic carbocycles. The lowest BCUT2D eigenvalue weighted by Gasteiger charge is -2.32. The van der Waals surface area contributed by atoms with E-state index in [1.165, 1.54) is 66.9 Å². The minimum Gasteiger partial charge on any atom is -0.310 e. The van der Waals surface area contributed by atoms with Gasteiger partial charge < -0.3 is 4.90 Å². The molecule has 0 saturated carbocycles. The Labute approximate surface area is 322 Å². The summed E-state index contributed by atoms with van der Waals surface area (Å²) in [7, 11) is 0. The van der Waals surface area contributed by atoms with Gasteiger partial charge in [-0.1, -0.05) is 174 Å². The highest BCUT2D eigenvalue weighted by Gasteiger charge is 2.41. The van der Waals surface area contributed by atoms with Crippen molar-refractivity contribution in [1.82, 2.24) is 0 Å². The molecule has 8 rings (SSSR count). The Balaban J connectivity index is 1.09. The van der Waals surface area contributed by atoms with Crippen molar-refractivity contribution in [3.63, 3.8) is 0 Å². The maximum atomic E-state index is 2.46. The first-order chi connectivity index (χ1) is 26.3. The monoisotopic (exact) mass is 699 g/mol. The summed E-state index contributed by atoms with van der Waals surface area (Å²) in [6.07, 6.45) is 6.61. The first-order valence-electron chi connectivity index (χ1n) is 19.5. The summed E-state index contributed by atoms with van der Waals surface area (Å²) < 4.78 is 0. The minimum atomic E-state index is -0.0492. The number of hydrogen-bond acceptors (Lipinski definition) is 1. The third kappa shape index (κ3) is 6.49. The molecule has 0 radical (unpaired) electrons. The van der Waals surface area contributed by atoms with Crippen molar-refractivity contribution < 1.29 is 0 Å². The van der Waals surface area contributed by atoms with Crippen LogP contribution in [0.15, 0.2) is 170 Å².